The maximum absolute atomic E-state index is 13.3. The molecule has 37 heavy (non-hydrogen) atoms. The SMILES string of the molecule is COC(=O)c1ccc(N2CCN(c3cccc(C(=O)NC4C5CC6CC4CC(O)(C6)C5)n3)[C@H](C)C2)cn1. The second-order valence-electron chi connectivity index (χ2n) is 11.5. The summed E-state index contributed by atoms with van der Waals surface area (Å²) in [7, 11) is 1.35. The van der Waals surface area contributed by atoms with Crippen LogP contribution in [0.3, 0.4) is 0 Å². The van der Waals surface area contributed by atoms with Crippen LogP contribution in [0.25, 0.3) is 0 Å². The Bertz CT molecular complexity index is 1170. The second kappa shape index (κ2) is 9.28. The van der Waals surface area contributed by atoms with Crippen LogP contribution in [-0.2, 0) is 4.74 Å². The summed E-state index contributed by atoms with van der Waals surface area (Å²) in [5.41, 5.74) is 1.19. The van der Waals surface area contributed by atoms with Crippen LogP contribution in [0.5, 0.6) is 0 Å². The number of piperazine rings is 1. The van der Waals surface area contributed by atoms with Crippen molar-refractivity contribution in [1.29, 1.82) is 0 Å². The topological polar surface area (TPSA) is 108 Å². The van der Waals surface area contributed by atoms with E-state index >= 15 is 0 Å². The molecule has 3 heterocycles. The number of hydrogen-bond acceptors (Lipinski definition) is 8. The van der Waals surface area contributed by atoms with Gasteiger partial charge in [0.15, 0.2) is 0 Å². The molecule has 2 N–H and O–H groups in total. The van der Waals surface area contributed by atoms with E-state index in [-0.39, 0.29) is 18.0 Å². The summed E-state index contributed by atoms with van der Waals surface area (Å²) in [4.78, 5) is 38.4. The van der Waals surface area contributed by atoms with Crippen LogP contribution >= 0.6 is 0 Å². The number of rotatable bonds is 5. The molecule has 7 rings (SSSR count). The van der Waals surface area contributed by atoms with Gasteiger partial charge in [0.05, 0.1) is 24.6 Å². The Balaban J connectivity index is 1.10. The number of methoxy groups -OCH3 is 1. The minimum Gasteiger partial charge on any atom is -0.464 e. The third-order valence-electron chi connectivity index (χ3n) is 8.93. The number of esters is 1. The summed E-state index contributed by atoms with van der Waals surface area (Å²) >= 11 is 0. The van der Waals surface area contributed by atoms with Crippen LogP contribution in [-0.4, -0.2) is 71.4 Å². The highest BCUT2D eigenvalue weighted by Crippen LogP contribution is 2.55. The van der Waals surface area contributed by atoms with Crippen molar-refractivity contribution in [3.63, 3.8) is 0 Å². The van der Waals surface area contributed by atoms with Gasteiger partial charge in [-0.25, -0.2) is 14.8 Å². The third-order valence-corrected chi connectivity index (χ3v) is 8.93. The first-order chi connectivity index (χ1) is 17.8. The van der Waals surface area contributed by atoms with E-state index in [0.29, 0.717) is 29.1 Å². The fourth-order valence-corrected chi connectivity index (χ4v) is 7.48. The molecule has 0 aromatic carbocycles. The van der Waals surface area contributed by atoms with Crippen LogP contribution < -0.4 is 15.1 Å². The molecular weight excluding hydrogens is 470 g/mol. The lowest BCUT2D eigenvalue weighted by atomic mass is 9.52. The summed E-state index contributed by atoms with van der Waals surface area (Å²) in [5.74, 6) is 1.59. The Kier molecular flexibility index (Phi) is 6.06. The van der Waals surface area contributed by atoms with Crippen molar-refractivity contribution in [3.8, 4) is 0 Å². The molecular formula is C28H35N5O4. The summed E-state index contributed by atoms with van der Waals surface area (Å²) in [6, 6.07) is 9.55. The van der Waals surface area contributed by atoms with Gasteiger partial charge >= 0.3 is 5.97 Å². The Labute approximate surface area is 217 Å². The van der Waals surface area contributed by atoms with Gasteiger partial charge in [-0.05, 0) is 81.0 Å². The molecule has 4 aliphatic carbocycles. The molecule has 196 valence electrons. The Morgan fingerprint density at radius 3 is 2.51 bits per heavy atom. The zero-order chi connectivity index (χ0) is 25.7. The van der Waals surface area contributed by atoms with E-state index in [0.717, 1.165) is 63.2 Å². The van der Waals surface area contributed by atoms with Crippen LogP contribution in [0.4, 0.5) is 11.5 Å². The molecule has 5 aliphatic rings. The standard InChI is InChI=1S/C28H35N5O4/c1-17-16-32(21-6-7-23(29-15-21)27(35)37-2)8-9-33(17)24-5-3-4-22(30-24)26(34)31-25-19-10-18-11-20(25)14-28(36,12-18)13-19/h3-7,15,17-20,25,36H,8-14,16H2,1-2H3,(H,31,34)/t17-,18?,19?,20?,25?,28?/m1/s1. The number of hydrogen-bond donors (Lipinski definition) is 2. The quantitative estimate of drug-likeness (QED) is 0.598. The Morgan fingerprint density at radius 2 is 1.86 bits per heavy atom. The molecule has 0 radical (unpaired) electrons. The van der Waals surface area contributed by atoms with Crippen molar-refractivity contribution in [2.45, 2.75) is 56.7 Å². The van der Waals surface area contributed by atoms with Crippen molar-refractivity contribution in [1.82, 2.24) is 15.3 Å². The smallest absolute Gasteiger partial charge is 0.356 e. The van der Waals surface area contributed by atoms with Gasteiger partial charge in [-0.15, -0.1) is 0 Å². The van der Waals surface area contributed by atoms with Gasteiger partial charge in [0.2, 0.25) is 0 Å². The number of amides is 1. The molecule has 2 aromatic rings. The molecule has 4 bridgehead atoms. The van der Waals surface area contributed by atoms with Crippen molar-refractivity contribution in [2.75, 3.05) is 36.5 Å². The highest BCUT2D eigenvalue weighted by Gasteiger charge is 2.55. The summed E-state index contributed by atoms with van der Waals surface area (Å²) in [6.45, 7) is 4.45. The van der Waals surface area contributed by atoms with Crippen LogP contribution in [0.1, 0.15) is 60.0 Å². The molecule has 4 saturated carbocycles. The molecule has 3 atom stereocenters. The minimum absolute atomic E-state index is 0.116. The number of anilines is 2. The van der Waals surface area contributed by atoms with Gasteiger partial charge in [-0.2, -0.15) is 0 Å². The molecule has 9 heteroatoms. The molecule has 1 amide bonds. The number of carbonyl (C=O) groups excluding carboxylic acids is 2. The van der Waals surface area contributed by atoms with Gasteiger partial charge < -0.3 is 25.0 Å². The van der Waals surface area contributed by atoms with Gasteiger partial charge in [-0.1, -0.05) is 6.07 Å². The first kappa shape index (κ1) is 24.2. The van der Waals surface area contributed by atoms with Crippen molar-refractivity contribution < 1.29 is 19.4 Å². The molecule has 9 nitrogen and oxygen atoms in total. The minimum atomic E-state index is -0.506. The van der Waals surface area contributed by atoms with E-state index in [1.807, 2.05) is 18.2 Å². The zero-order valence-electron chi connectivity index (χ0n) is 21.5. The maximum atomic E-state index is 13.3. The lowest BCUT2D eigenvalue weighted by Crippen LogP contribution is -2.61. The van der Waals surface area contributed by atoms with Crippen molar-refractivity contribution >= 4 is 23.4 Å². The molecule has 2 unspecified atom stereocenters. The van der Waals surface area contributed by atoms with E-state index in [2.05, 4.69) is 27.0 Å². The van der Waals surface area contributed by atoms with Gasteiger partial charge in [-0.3, -0.25) is 4.79 Å². The molecule has 2 aromatic heterocycles. The summed E-state index contributed by atoms with van der Waals surface area (Å²) < 4.78 is 4.73. The predicted octanol–water partition coefficient (Wildman–Crippen LogP) is 2.65. The first-order valence-corrected chi connectivity index (χ1v) is 13.4. The van der Waals surface area contributed by atoms with Crippen LogP contribution in [0.2, 0.25) is 0 Å². The van der Waals surface area contributed by atoms with E-state index < -0.39 is 11.6 Å². The lowest BCUT2D eigenvalue weighted by molar-refractivity contribution is -0.136. The van der Waals surface area contributed by atoms with Crippen LogP contribution in [0, 0.1) is 17.8 Å². The highest BCUT2D eigenvalue weighted by molar-refractivity contribution is 5.93. The number of aromatic nitrogens is 2. The van der Waals surface area contributed by atoms with E-state index in [1.54, 1.807) is 18.3 Å². The predicted molar refractivity (Wildman–Crippen MR) is 139 cm³/mol. The molecule has 1 aliphatic heterocycles. The number of nitrogens with one attached hydrogen (secondary N) is 1. The summed E-state index contributed by atoms with van der Waals surface area (Å²) in [6.07, 6.45) is 6.48. The molecule has 0 spiro atoms. The number of nitrogens with zero attached hydrogens (tertiary/aromatic N) is 4. The number of aliphatic hydroxyl groups is 1. The Hall–Kier alpha value is -3.20. The van der Waals surface area contributed by atoms with Gasteiger partial charge in [0.25, 0.3) is 5.91 Å². The molecule has 1 saturated heterocycles. The average molecular weight is 506 g/mol. The van der Waals surface area contributed by atoms with E-state index in [4.69, 9.17) is 9.72 Å². The largest absolute Gasteiger partial charge is 0.464 e. The zero-order valence-corrected chi connectivity index (χ0v) is 21.5. The van der Waals surface area contributed by atoms with Crippen molar-refractivity contribution in [2.24, 2.45) is 17.8 Å². The number of ether oxygens (including phenoxy) is 1. The lowest BCUT2D eigenvalue weighted by Gasteiger charge is -2.58. The van der Waals surface area contributed by atoms with Crippen LogP contribution in [0.15, 0.2) is 36.5 Å². The first-order valence-electron chi connectivity index (χ1n) is 13.4. The van der Waals surface area contributed by atoms with E-state index in [9.17, 15) is 14.7 Å². The monoisotopic (exact) mass is 505 g/mol. The maximum Gasteiger partial charge on any atom is 0.356 e. The third kappa shape index (κ3) is 4.54. The summed E-state index contributed by atoms with van der Waals surface area (Å²) in [5, 5.41) is 14.2. The normalized spacial score (nSPS) is 32.4. The fourth-order valence-electron chi connectivity index (χ4n) is 7.48. The van der Waals surface area contributed by atoms with Gasteiger partial charge in [0.1, 0.15) is 17.2 Å². The van der Waals surface area contributed by atoms with E-state index in [1.165, 1.54) is 7.11 Å². The average Bonchev–Trinajstić information content (AvgIpc) is 2.89. The number of carbonyl (C=O) groups is 2. The fraction of sp³-hybridized carbons (Fsp3) is 0.571. The number of pyridine rings is 2. The van der Waals surface area contributed by atoms with Crippen molar-refractivity contribution in [3.05, 3.63) is 47.9 Å². The second-order valence-corrected chi connectivity index (χ2v) is 11.5. The molecule has 5 fully saturated rings. The van der Waals surface area contributed by atoms with Gasteiger partial charge in [0, 0.05) is 31.7 Å². The highest BCUT2D eigenvalue weighted by atomic mass is 16.5. The Morgan fingerprint density at radius 1 is 1.08 bits per heavy atom.